The predicted molar refractivity (Wildman–Crippen MR) is 169 cm³/mol. The molecule has 0 aromatic heterocycles. The van der Waals surface area contributed by atoms with Gasteiger partial charge in [0.25, 0.3) is 10.0 Å². The van der Waals surface area contributed by atoms with E-state index in [0.29, 0.717) is 23.6 Å². The van der Waals surface area contributed by atoms with Crippen molar-refractivity contribution < 1.29 is 27.5 Å². The first-order chi connectivity index (χ1) is 20.4. The van der Waals surface area contributed by atoms with Gasteiger partial charge in [-0.15, -0.1) is 0 Å². The minimum absolute atomic E-state index is 0.00146. The van der Waals surface area contributed by atoms with Crippen LogP contribution in [0.15, 0.2) is 71.6 Å². The van der Waals surface area contributed by atoms with Crippen molar-refractivity contribution >= 4 is 39.1 Å². The van der Waals surface area contributed by atoms with Gasteiger partial charge in [0.2, 0.25) is 11.8 Å². The molecule has 0 spiro atoms. The van der Waals surface area contributed by atoms with Crippen molar-refractivity contribution in [3.05, 3.63) is 82.9 Å². The molecule has 0 heterocycles. The summed E-state index contributed by atoms with van der Waals surface area (Å²) in [5.41, 5.74) is 1.74. The maximum Gasteiger partial charge on any atom is 0.264 e. The standard InChI is InChI=1S/C32H40ClN3O6S/c1-7-23(4)34-32(38)28(8-2)35(20-24-11-13-25(33)14-12-24)31(37)21-36(29-19-26(41-5)15-18-30(29)42-6)43(39,40)27-16-9-22(3)10-17-27/h9-19,23,28H,7-8,20-21H2,1-6H3,(H,34,38)/t23-,28-/m1/s1. The summed E-state index contributed by atoms with van der Waals surface area (Å²) in [7, 11) is -1.40. The normalized spacial score (nSPS) is 12.6. The SMILES string of the molecule is CC[C@@H](C)NC(=O)[C@@H](CC)N(Cc1ccc(Cl)cc1)C(=O)CN(c1cc(OC)ccc1OC)S(=O)(=O)c1ccc(C)cc1. The number of hydrogen-bond acceptors (Lipinski definition) is 6. The minimum atomic E-state index is -4.28. The summed E-state index contributed by atoms with van der Waals surface area (Å²) in [5, 5.41) is 3.50. The number of carbonyl (C=O) groups is 2. The number of rotatable bonds is 14. The Labute approximate surface area is 259 Å². The van der Waals surface area contributed by atoms with Crippen LogP contribution in [0, 0.1) is 6.92 Å². The molecule has 11 heteroatoms. The quantitative estimate of drug-likeness (QED) is 0.250. The van der Waals surface area contributed by atoms with Crippen LogP contribution in [0.3, 0.4) is 0 Å². The molecule has 0 unspecified atom stereocenters. The van der Waals surface area contributed by atoms with Crippen LogP contribution >= 0.6 is 11.6 Å². The van der Waals surface area contributed by atoms with Gasteiger partial charge in [-0.2, -0.15) is 0 Å². The summed E-state index contributed by atoms with van der Waals surface area (Å²) in [6.07, 6.45) is 1.03. The van der Waals surface area contributed by atoms with Gasteiger partial charge in [-0.1, -0.05) is 55.3 Å². The maximum atomic E-state index is 14.3. The molecule has 43 heavy (non-hydrogen) atoms. The third kappa shape index (κ3) is 8.42. The molecule has 3 aromatic rings. The zero-order chi connectivity index (χ0) is 31.7. The first kappa shape index (κ1) is 33.7. The third-order valence-electron chi connectivity index (χ3n) is 7.20. The molecule has 0 saturated heterocycles. The largest absolute Gasteiger partial charge is 0.497 e. The number of carbonyl (C=O) groups excluding carboxylic acids is 2. The lowest BCUT2D eigenvalue weighted by molar-refractivity contribution is -0.140. The van der Waals surface area contributed by atoms with E-state index in [2.05, 4.69) is 5.32 Å². The number of aryl methyl sites for hydroxylation is 1. The van der Waals surface area contributed by atoms with E-state index in [1.54, 1.807) is 48.5 Å². The number of amides is 2. The number of nitrogens with zero attached hydrogens (tertiary/aromatic N) is 2. The van der Waals surface area contributed by atoms with Gasteiger partial charge in [0.15, 0.2) is 0 Å². The van der Waals surface area contributed by atoms with E-state index < -0.39 is 28.5 Å². The maximum absolute atomic E-state index is 14.3. The van der Waals surface area contributed by atoms with Crippen LogP contribution in [0.1, 0.15) is 44.7 Å². The highest BCUT2D eigenvalue weighted by atomic mass is 35.5. The molecule has 0 aliphatic rings. The lowest BCUT2D eigenvalue weighted by Gasteiger charge is -2.34. The summed E-state index contributed by atoms with van der Waals surface area (Å²) in [4.78, 5) is 29.1. The van der Waals surface area contributed by atoms with Crippen LogP contribution in [0.4, 0.5) is 5.69 Å². The average Bonchev–Trinajstić information content (AvgIpc) is 3.00. The molecule has 0 bridgehead atoms. The Hall–Kier alpha value is -3.76. The van der Waals surface area contributed by atoms with Gasteiger partial charge < -0.3 is 19.7 Å². The molecule has 3 aromatic carbocycles. The number of nitrogens with one attached hydrogen (secondary N) is 1. The highest BCUT2D eigenvalue weighted by Gasteiger charge is 2.35. The van der Waals surface area contributed by atoms with Crippen LogP contribution in [0.2, 0.25) is 5.02 Å². The van der Waals surface area contributed by atoms with Gasteiger partial charge in [-0.3, -0.25) is 13.9 Å². The number of benzene rings is 3. The van der Waals surface area contributed by atoms with Crippen LogP contribution in [-0.2, 0) is 26.2 Å². The first-order valence-corrected chi connectivity index (χ1v) is 15.9. The number of anilines is 1. The van der Waals surface area contributed by atoms with E-state index >= 15 is 0 Å². The van der Waals surface area contributed by atoms with E-state index in [9.17, 15) is 18.0 Å². The zero-order valence-electron chi connectivity index (χ0n) is 25.5. The van der Waals surface area contributed by atoms with Crippen molar-refractivity contribution in [2.45, 2.75) is 64.1 Å². The Morgan fingerprint density at radius 3 is 2.14 bits per heavy atom. The summed E-state index contributed by atoms with van der Waals surface area (Å²) >= 11 is 6.09. The molecule has 3 rings (SSSR count). The zero-order valence-corrected chi connectivity index (χ0v) is 27.0. The fraction of sp³-hybridized carbons (Fsp3) is 0.375. The highest BCUT2D eigenvalue weighted by Crippen LogP contribution is 2.36. The third-order valence-corrected chi connectivity index (χ3v) is 9.22. The fourth-order valence-electron chi connectivity index (χ4n) is 4.49. The fourth-order valence-corrected chi connectivity index (χ4v) is 6.03. The first-order valence-electron chi connectivity index (χ1n) is 14.1. The van der Waals surface area contributed by atoms with E-state index in [-0.39, 0.29) is 34.8 Å². The molecule has 232 valence electrons. The second-order valence-electron chi connectivity index (χ2n) is 10.3. The Balaban J connectivity index is 2.14. The molecular formula is C32H40ClN3O6S. The average molecular weight is 630 g/mol. The Morgan fingerprint density at radius 1 is 0.930 bits per heavy atom. The van der Waals surface area contributed by atoms with Gasteiger partial charge in [0.1, 0.15) is 24.1 Å². The molecule has 2 amide bonds. The number of methoxy groups -OCH3 is 2. The van der Waals surface area contributed by atoms with Crippen LogP contribution in [0.25, 0.3) is 0 Å². The second-order valence-corrected chi connectivity index (χ2v) is 12.6. The van der Waals surface area contributed by atoms with Crippen molar-refractivity contribution in [1.29, 1.82) is 0 Å². The Kier molecular flexibility index (Phi) is 11.9. The molecule has 2 atom stereocenters. The number of ether oxygens (including phenoxy) is 2. The smallest absolute Gasteiger partial charge is 0.264 e. The second kappa shape index (κ2) is 15.1. The van der Waals surface area contributed by atoms with Crippen molar-refractivity contribution in [2.75, 3.05) is 25.1 Å². The number of hydrogen-bond donors (Lipinski definition) is 1. The molecule has 0 saturated carbocycles. The molecule has 0 aliphatic heterocycles. The minimum Gasteiger partial charge on any atom is -0.497 e. The van der Waals surface area contributed by atoms with Crippen molar-refractivity contribution in [3.8, 4) is 11.5 Å². The summed E-state index contributed by atoms with van der Waals surface area (Å²) in [5.74, 6) is -0.271. The van der Waals surface area contributed by atoms with Gasteiger partial charge >= 0.3 is 0 Å². The summed E-state index contributed by atoms with van der Waals surface area (Å²) < 4.78 is 40.3. The number of halogens is 1. The van der Waals surface area contributed by atoms with Crippen molar-refractivity contribution in [3.63, 3.8) is 0 Å². The Morgan fingerprint density at radius 2 is 1.58 bits per heavy atom. The molecule has 0 fully saturated rings. The van der Waals surface area contributed by atoms with Crippen molar-refractivity contribution in [1.82, 2.24) is 10.2 Å². The van der Waals surface area contributed by atoms with E-state index in [0.717, 1.165) is 15.4 Å². The molecule has 0 aliphatic carbocycles. The molecule has 0 radical (unpaired) electrons. The van der Waals surface area contributed by atoms with Gasteiger partial charge in [0, 0.05) is 23.7 Å². The van der Waals surface area contributed by atoms with E-state index in [1.165, 1.54) is 37.3 Å². The lowest BCUT2D eigenvalue weighted by atomic mass is 10.1. The Bertz CT molecular complexity index is 1500. The number of sulfonamides is 1. The van der Waals surface area contributed by atoms with Crippen LogP contribution in [0.5, 0.6) is 11.5 Å². The van der Waals surface area contributed by atoms with Gasteiger partial charge in [0.05, 0.1) is 24.8 Å². The van der Waals surface area contributed by atoms with Crippen LogP contribution < -0.4 is 19.1 Å². The lowest BCUT2D eigenvalue weighted by Crippen LogP contribution is -2.53. The van der Waals surface area contributed by atoms with Gasteiger partial charge in [-0.05, 0) is 68.7 Å². The summed E-state index contributed by atoms with van der Waals surface area (Å²) in [6.45, 7) is 6.98. The highest BCUT2D eigenvalue weighted by molar-refractivity contribution is 7.92. The van der Waals surface area contributed by atoms with Crippen LogP contribution in [-0.4, -0.2) is 58.0 Å². The molecular weight excluding hydrogens is 590 g/mol. The van der Waals surface area contributed by atoms with Gasteiger partial charge in [-0.25, -0.2) is 8.42 Å². The molecule has 9 nitrogen and oxygen atoms in total. The summed E-state index contributed by atoms with van der Waals surface area (Å²) in [6, 6.07) is 17.1. The predicted octanol–water partition coefficient (Wildman–Crippen LogP) is 5.58. The molecule has 1 N–H and O–H groups in total. The van der Waals surface area contributed by atoms with E-state index in [1.807, 2.05) is 27.7 Å². The van der Waals surface area contributed by atoms with E-state index in [4.69, 9.17) is 21.1 Å². The monoisotopic (exact) mass is 629 g/mol. The topological polar surface area (TPSA) is 105 Å². The van der Waals surface area contributed by atoms with Crippen molar-refractivity contribution in [2.24, 2.45) is 0 Å².